The molecule has 20 heavy (non-hydrogen) atoms. The Balaban J connectivity index is 2.31. The van der Waals surface area contributed by atoms with E-state index in [1.54, 1.807) is 24.5 Å². The second-order valence-electron chi connectivity index (χ2n) is 5.13. The number of ether oxygens (including phenoxy) is 1. The van der Waals surface area contributed by atoms with Crippen LogP contribution >= 0.6 is 11.6 Å². The Labute approximate surface area is 121 Å². The van der Waals surface area contributed by atoms with Crippen LogP contribution in [-0.4, -0.2) is 15.2 Å². The molecule has 0 atom stereocenters. The van der Waals surface area contributed by atoms with Crippen LogP contribution < -0.4 is 10.3 Å². The van der Waals surface area contributed by atoms with Crippen molar-refractivity contribution in [2.75, 3.05) is 0 Å². The van der Waals surface area contributed by atoms with E-state index in [9.17, 15) is 4.79 Å². The molecule has 1 aliphatic rings. The van der Waals surface area contributed by atoms with E-state index in [4.69, 9.17) is 16.3 Å². The van der Waals surface area contributed by atoms with Gasteiger partial charge < -0.3 is 4.74 Å². The summed E-state index contributed by atoms with van der Waals surface area (Å²) in [5.41, 5.74) is 0.803. The highest BCUT2D eigenvalue weighted by atomic mass is 35.5. The molecular weight excluding hydrogens is 276 g/mol. The van der Waals surface area contributed by atoms with Gasteiger partial charge in [-0.25, -0.2) is 0 Å². The summed E-state index contributed by atoms with van der Waals surface area (Å²) in [6.45, 7) is 3.84. The molecule has 102 valence electrons. The van der Waals surface area contributed by atoms with E-state index in [1.807, 2.05) is 26.0 Å². The number of hydrogen-bond acceptors (Lipinski definition) is 3. The predicted octanol–water partition coefficient (Wildman–Crippen LogP) is 2.96. The number of hydrogen-bond donors (Lipinski definition) is 0. The molecule has 0 radical (unpaired) electrons. The van der Waals surface area contributed by atoms with Crippen molar-refractivity contribution in [1.82, 2.24) is 9.55 Å². The molecule has 0 spiro atoms. The Morgan fingerprint density at radius 3 is 2.85 bits per heavy atom. The third-order valence-electron chi connectivity index (χ3n) is 3.07. The van der Waals surface area contributed by atoms with Crippen LogP contribution in [0.15, 0.2) is 47.5 Å². The number of nitrogens with zero attached hydrogens (tertiary/aromatic N) is 2. The molecule has 0 unspecified atom stereocenters. The molecule has 5 heteroatoms. The minimum Gasteiger partial charge on any atom is -0.481 e. The summed E-state index contributed by atoms with van der Waals surface area (Å²) in [5.74, 6) is 0.641. The smallest absolute Gasteiger partial charge is 0.256 e. The summed E-state index contributed by atoms with van der Waals surface area (Å²) in [6, 6.07) is 6.62. The van der Waals surface area contributed by atoms with E-state index in [2.05, 4.69) is 4.98 Å². The molecule has 0 saturated heterocycles. The van der Waals surface area contributed by atoms with Gasteiger partial charge in [0.1, 0.15) is 16.5 Å². The lowest BCUT2D eigenvalue weighted by molar-refractivity contribution is 0.156. The Morgan fingerprint density at radius 1 is 1.30 bits per heavy atom. The lowest BCUT2D eigenvalue weighted by atomic mass is 10.00. The number of aromatic nitrogens is 2. The van der Waals surface area contributed by atoms with E-state index in [0.717, 1.165) is 5.56 Å². The van der Waals surface area contributed by atoms with Crippen molar-refractivity contribution < 1.29 is 4.74 Å². The Hall–Kier alpha value is -2.07. The third kappa shape index (κ3) is 2.12. The lowest BCUT2D eigenvalue weighted by Gasteiger charge is -2.31. The fourth-order valence-corrected chi connectivity index (χ4v) is 2.52. The van der Waals surface area contributed by atoms with Crippen LogP contribution in [0, 0.1) is 0 Å². The largest absolute Gasteiger partial charge is 0.481 e. The fraction of sp³-hybridized carbons (Fsp3) is 0.200. The fourth-order valence-electron chi connectivity index (χ4n) is 2.28. The Morgan fingerprint density at radius 2 is 2.10 bits per heavy atom. The van der Waals surface area contributed by atoms with Crippen molar-refractivity contribution >= 4 is 17.3 Å². The van der Waals surface area contributed by atoms with Crippen molar-refractivity contribution in [2.45, 2.75) is 19.4 Å². The van der Waals surface area contributed by atoms with Gasteiger partial charge >= 0.3 is 0 Å². The predicted molar refractivity (Wildman–Crippen MR) is 78.0 cm³/mol. The number of pyridine rings is 2. The van der Waals surface area contributed by atoms with E-state index in [-0.39, 0.29) is 5.56 Å². The molecule has 3 rings (SSSR count). The average Bonchev–Trinajstić information content (AvgIpc) is 2.37. The zero-order chi connectivity index (χ0) is 14.3. The van der Waals surface area contributed by atoms with Gasteiger partial charge in [-0.1, -0.05) is 17.7 Å². The number of halogens is 1. The molecule has 4 nitrogen and oxygen atoms in total. The molecule has 2 aromatic heterocycles. The van der Waals surface area contributed by atoms with E-state index in [0.29, 0.717) is 16.6 Å². The van der Waals surface area contributed by atoms with Gasteiger partial charge in [-0.3, -0.25) is 14.3 Å². The van der Waals surface area contributed by atoms with Gasteiger partial charge in [-0.2, -0.15) is 0 Å². The standard InChI is InChI=1S/C15H13ClN2O2/c1-15(2)8-11(10-6-7-17-9-12(10)20-15)18-13(16)4-3-5-14(18)19/h3-9H,1-2H3. The van der Waals surface area contributed by atoms with Gasteiger partial charge in [0.2, 0.25) is 0 Å². The summed E-state index contributed by atoms with van der Waals surface area (Å²) in [5, 5.41) is 0.365. The maximum atomic E-state index is 12.1. The second-order valence-corrected chi connectivity index (χ2v) is 5.52. The highest BCUT2D eigenvalue weighted by Gasteiger charge is 2.28. The SMILES string of the molecule is CC1(C)C=C(n2c(Cl)cccc2=O)c2ccncc2O1. The first-order valence-corrected chi connectivity index (χ1v) is 6.60. The molecule has 2 aromatic rings. The number of fused-ring (bicyclic) bond motifs is 1. The van der Waals surface area contributed by atoms with Gasteiger partial charge in [0.05, 0.1) is 11.9 Å². The lowest BCUT2D eigenvalue weighted by Crippen LogP contribution is -2.32. The van der Waals surface area contributed by atoms with E-state index in [1.165, 1.54) is 10.6 Å². The summed E-state index contributed by atoms with van der Waals surface area (Å²) < 4.78 is 7.33. The van der Waals surface area contributed by atoms with Gasteiger partial charge in [0, 0.05) is 17.8 Å². The first-order chi connectivity index (χ1) is 9.48. The molecule has 0 N–H and O–H groups in total. The Bertz CT molecular complexity index is 762. The summed E-state index contributed by atoms with van der Waals surface area (Å²) in [4.78, 5) is 16.2. The van der Waals surface area contributed by atoms with Crippen molar-refractivity contribution in [3.8, 4) is 5.75 Å². The van der Waals surface area contributed by atoms with Crippen LogP contribution in [0.1, 0.15) is 19.4 Å². The molecule has 0 bridgehead atoms. The van der Waals surface area contributed by atoms with Crippen LogP contribution in [0.4, 0.5) is 0 Å². The number of rotatable bonds is 1. The third-order valence-corrected chi connectivity index (χ3v) is 3.36. The van der Waals surface area contributed by atoms with Gasteiger partial charge in [-0.05, 0) is 32.1 Å². The van der Waals surface area contributed by atoms with Crippen LogP contribution in [-0.2, 0) is 0 Å². The Kier molecular flexibility index (Phi) is 2.91. The average molecular weight is 289 g/mol. The monoisotopic (exact) mass is 288 g/mol. The molecule has 3 heterocycles. The minimum atomic E-state index is -0.538. The van der Waals surface area contributed by atoms with Crippen molar-refractivity contribution in [1.29, 1.82) is 0 Å². The molecule has 1 aliphatic heterocycles. The summed E-state index contributed by atoms with van der Waals surface area (Å²) in [7, 11) is 0. The van der Waals surface area contributed by atoms with Crippen LogP contribution in [0.2, 0.25) is 5.15 Å². The molecule has 0 fully saturated rings. The maximum Gasteiger partial charge on any atom is 0.256 e. The van der Waals surface area contributed by atoms with Crippen LogP contribution in [0.25, 0.3) is 5.70 Å². The zero-order valence-electron chi connectivity index (χ0n) is 11.1. The minimum absolute atomic E-state index is 0.177. The van der Waals surface area contributed by atoms with Crippen molar-refractivity contribution in [2.24, 2.45) is 0 Å². The van der Waals surface area contributed by atoms with Gasteiger partial charge in [0.15, 0.2) is 0 Å². The highest BCUT2D eigenvalue weighted by Crippen LogP contribution is 2.36. The molecule has 0 aliphatic carbocycles. The van der Waals surface area contributed by atoms with E-state index < -0.39 is 5.60 Å². The second kappa shape index (κ2) is 4.49. The van der Waals surface area contributed by atoms with Crippen LogP contribution in [0.5, 0.6) is 5.75 Å². The maximum absolute atomic E-state index is 12.1. The summed E-state index contributed by atoms with van der Waals surface area (Å²) in [6.07, 6.45) is 5.20. The van der Waals surface area contributed by atoms with Crippen molar-refractivity contribution in [3.63, 3.8) is 0 Å². The molecule has 0 amide bonds. The molecule has 0 aromatic carbocycles. The van der Waals surface area contributed by atoms with Crippen molar-refractivity contribution in [3.05, 3.63) is 63.8 Å². The quantitative estimate of drug-likeness (QED) is 0.758. The molecule has 0 saturated carbocycles. The topological polar surface area (TPSA) is 44.1 Å². The first-order valence-electron chi connectivity index (χ1n) is 6.22. The highest BCUT2D eigenvalue weighted by molar-refractivity contribution is 6.30. The molecular formula is C15H13ClN2O2. The van der Waals surface area contributed by atoms with Crippen LogP contribution in [0.3, 0.4) is 0 Å². The normalized spacial score (nSPS) is 16.1. The van der Waals surface area contributed by atoms with Gasteiger partial charge in [-0.15, -0.1) is 0 Å². The van der Waals surface area contributed by atoms with Gasteiger partial charge in [0.25, 0.3) is 5.56 Å². The summed E-state index contributed by atoms with van der Waals surface area (Å²) >= 11 is 6.19. The van der Waals surface area contributed by atoms with E-state index >= 15 is 0 Å². The zero-order valence-corrected chi connectivity index (χ0v) is 11.9. The first kappa shape index (κ1) is 12.9.